The summed E-state index contributed by atoms with van der Waals surface area (Å²) in [5.41, 5.74) is 0.626. The van der Waals surface area contributed by atoms with Crippen molar-refractivity contribution in [3.8, 4) is 0 Å². The molecule has 1 saturated heterocycles. The van der Waals surface area contributed by atoms with Gasteiger partial charge in [0.1, 0.15) is 10.7 Å². The number of piperidine rings is 1. The van der Waals surface area contributed by atoms with Crippen LogP contribution in [-0.4, -0.2) is 36.4 Å². The summed E-state index contributed by atoms with van der Waals surface area (Å²) in [6.07, 6.45) is 0.878. The molecule has 0 aromatic heterocycles. The highest BCUT2D eigenvalue weighted by molar-refractivity contribution is 7.89. The molecule has 2 atom stereocenters. The lowest BCUT2D eigenvalue weighted by Gasteiger charge is -2.35. The zero-order valence-corrected chi connectivity index (χ0v) is 12.7. The number of carboxylic acids is 1. The minimum absolute atomic E-state index is 0.119. The molecule has 2 rings (SSSR count). The van der Waals surface area contributed by atoms with Crippen molar-refractivity contribution in [3.05, 3.63) is 29.6 Å². The average molecular weight is 315 g/mol. The molecule has 1 heterocycles. The Morgan fingerprint density at radius 2 is 2.05 bits per heavy atom. The van der Waals surface area contributed by atoms with Crippen molar-refractivity contribution in [2.75, 3.05) is 6.54 Å². The monoisotopic (exact) mass is 315 g/mol. The van der Waals surface area contributed by atoms with E-state index in [1.807, 2.05) is 0 Å². The highest BCUT2D eigenvalue weighted by atomic mass is 32.2. The third-order valence-corrected chi connectivity index (χ3v) is 5.86. The van der Waals surface area contributed by atoms with Gasteiger partial charge in [-0.2, -0.15) is 4.31 Å². The Bertz CT molecular complexity index is 659. The first-order valence-electron chi connectivity index (χ1n) is 6.74. The van der Waals surface area contributed by atoms with E-state index in [0.717, 1.165) is 10.4 Å². The van der Waals surface area contributed by atoms with Crippen LogP contribution in [0.1, 0.15) is 25.3 Å². The molecule has 1 aromatic rings. The Morgan fingerprint density at radius 3 is 2.62 bits per heavy atom. The highest BCUT2D eigenvalue weighted by Crippen LogP contribution is 2.29. The molecule has 1 N–H and O–H groups in total. The van der Waals surface area contributed by atoms with Crippen molar-refractivity contribution >= 4 is 16.0 Å². The maximum absolute atomic E-state index is 14.0. The standard InChI is InChI=1S/C14H18FNO4S/c1-9-3-6-13(12(15)7-9)21(19,20)16-8-11(14(17)18)5-4-10(16)2/h3,6-7,10-11H,4-5,8H2,1-2H3,(H,17,18). The predicted octanol–water partition coefficient (Wildman–Crippen LogP) is 2.01. The third-order valence-electron chi connectivity index (χ3n) is 3.85. The molecular formula is C14H18FNO4S. The van der Waals surface area contributed by atoms with E-state index >= 15 is 0 Å². The van der Waals surface area contributed by atoms with Crippen molar-refractivity contribution in [1.29, 1.82) is 0 Å². The minimum Gasteiger partial charge on any atom is -0.481 e. The van der Waals surface area contributed by atoms with E-state index < -0.39 is 32.6 Å². The van der Waals surface area contributed by atoms with Crippen molar-refractivity contribution in [1.82, 2.24) is 4.31 Å². The van der Waals surface area contributed by atoms with E-state index in [4.69, 9.17) is 5.11 Å². The summed E-state index contributed by atoms with van der Waals surface area (Å²) in [4.78, 5) is 10.7. The van der Waals surface area contributed by atoms with Gasteiger partial charge in [0, 0.05) is 12.6 Å². The fraction of sp³-hybridized carbons (Fsp3) is 0.500. The molecule has 5 nitrogen and oxygen atoms in total. The second-order valence-electron chi connectivity index (χ2n) is 5.47. The first-order valence-corrected chi connectivity index (χ1v) is 8.18. The Balaban J connectivity index is 2.39. The molecule has 21 heavy (non-hydrogen) atoms. The van der Waals surface area contributed by atoms with Gasteiger partial charge in [-0.25, -0.2) is 12.8 Å². The van der Waals surface area contributed by atoms with E-state index in [9.17, 15) is 17.6 Å². The second-order valence-corrected chi connectivity index (χ2v) is 7.33. The van der Waals surface area contributed by atoms with Crippen molar-refractivity contribution < 1.29 is 22.7 Å². The number of rotatable bonds is 3. The fourth-order valence-electron chi connectivity index (χ4n) is 2.55. The van der Waals surface area contributed by atoms with E-state index in [1.165, 1.54) is 12.1 Å². The molecule has 0 saturated carbocycles. The Kier molecular flexibility index (Phi) is 4.34. The van der Waals surface area contributed by atoms with Crippen LogP contribution in [0.2, 0.25) is 0 Å². The van der Waals surface area contributed by atoms with Crippen LogP contribution in [0.15, 0.2) is 23.1 Å². The van der Waals surface area contributed by atoms with Crippen LogP contribution in [-0.2, 0) is 14.8 Å². The zero-order chi connectivity index (χ0) is 15.8. The van der Waals surface area contributed by atoms with Crippen molar-refractivity contribution in [3.63, 3.8) is 0 Å². The molecule has 1 fully saturated rings. The summed E-state index contributed by atoms with van der Waals surface area (Å²) < 4.78 is 40.2. The molecule has 116 valence electrons. The summed E-state index contributed by atoms with van der Waals surface area (Å²) in [6, 6.07) is 3.58. The van der Waals surface area contributed by atoms with E-state index in [0.29, 0.717) is 18.4 Å². The summed E-state index contributed by atoms with van der Waals surface area (Å²) in [6.45, 7) is 3.26. The molecule has 1 aromatic carbocycles. The average Bonchev–Trinajstić information content (AvgIpc) is 2.38. The molecule has 0 aliphatic carbocycles. The fourth-order valence-corrected chi connectivity index (χ4v) is 4.31. The molecule has 0 bridgehead atoms. The molecule has 2 unspecified atom stereocenters. The number of aryl methyl sites for hydroxylation is 1. The molecule has 0 amide bonds. The largest absolute Gasteiger partial charge is 0.481 e. The number of aliphatic carboxylic acids is 1. The van der Waals surface area contributed by atoms with Crippen LogP contribution < -0.4 is 0 Å². The molecule has 0 spiro atoms. The summed E-state index contributed by atoms with van der Waals surface area (Å²) in [5, 5.41) is 9.07. The molecule has 1 aliphatic heterocycles. The van der Waals surface area contributed by atoms with Crippen LogP contribution in [0.4, 0.5) is 4.39 Å². The van der Waals surface area contributed by atoms with Crippen LogP contribution in [0, 0.1) is 18.7 Å². The van der Waals surface area contributed by atoms with Gasteiger partial charge < -0.3 is 5.11 Å². The van der Waals surface area contributed by atoms with E-state index in [2.05, 4.69) is 0 Å². The number of hydrogen-bond acceptors (Lipinski definition) is 3. The van der Waals surface area contributed by atoms with Gasteiger partial charge in [-0.3, -0.25) is 4.79 Å². The summed E-state index contributed by atoms with van der Waals surface area (Å²) in [5.74, 6) is -2.57. The van der Waals surface area contributed by atoms with E-state index in [-0.39, 0.29) is 12.6 Å². The SMILES string of the molecule is Cc1ccc(S(=O)(=O)N2CC(C(=O)O)CCC2C)c(F)c1. The number of halogens is 1. The zero-order valence-electron chi connectivity index (χ0n) is 11.9. The number of benzene rings is 1. The van der Waals surface area contributed by atoms with Gasteiger partial charge in [-0.15, -0.1) is 0 Å². The van der Waals surface area contributed by atoms with Crippen LogP contribution >= 0.6 is 0 Å². The minimum atomic E-state index is -4.03. The van der Waals surface area contributed by atoms with Gasteiger partial charge >= 0.3 is 5.97 Å². The topological polar surface area (TPSA) is 74.7 Å². The van der Waals surface area contributed by atoms with Crippen LogP contribution in [0.25, 0.3) is 0 Å². The number of hydrogen-bond donors (Lipinski definition) is 1. The Morgan fingerprint density at radius 1 is 1.38 bits per heavy atom. The van der Waals surface area contributed by atoms with Gasteiger partial charge in [-0.05, 0) is 44.4 Å². The Hall–Kier alpha value is -1.47. The molecular weight excluding hydrogens is 297 g/mol. The molecule has 0 radical (unpaired) electrons. The number of carboxylic acid groups (broad SMARTS) is 1. The summed E-state index contributed by atoms with van der Waals surface area (Å²) >= 11 is 0. The Labute approximate surface area is 123 Å². The van der Waals surface area contributed by atoms with E-state index in [1.54, 1.807) is 13.8 Å². The summed E-state index contributed by atoms with van der Waals surface area (Å²) in [7, 11) is -4.03. The van der Waals surface area contributed by atoms with Gasteiger partial charge in [0.2, 0.25) is 10.0 Å². The maximum atomic E-state index is 14.0. The number of sulfonamides is 1. The second kappa shape index (κ2) is 5.73. The van der Waals surface area contributed by atoms with Gasteiger partial charge in [0.15, 0.2) is 0 Å². The van der Waals surface area contributed by atoms with Gasteiger partial charge in [0.25, 0.3) is 0 Å². The van der Waals surface area contributed by atoms with Crippen molar-refractivity contribution in [2.24, 2.45) is 5.92 Å². The van der Waals surface area contributed by atoms with Gasteiger partial charge in [-0.1, -0.05) is 6.07 Å². The quantitative estimate of drug-likeness (QED) is 0.926. The highest BCUT2D eigenvalue weighted by Gasteiger charge is 2.38. The third kappa shape index (κ3) is 3.08. The predicted molar refractivity (Wildman–Crippen MR) is 74.9 cm³/mol. The van der Waals surface area contributed by atoms with Gasteiger partial charge in [0.05, 0.1) is 5.92 Å². The number of carbonyl (C=O) groups is 1. The normalized spacial score (nSPS) is 24.0. The smallest absolute Gasteiger partial charge is 0.307 e. The lowest BCUT2D eigenvalue weighted by atomic mass is 9.96. The van der Waals surface area contributed by atoms with Crippen LogP contribution in [0.3, 0.4) is 0 Å². The first-order chi connectivity index (χ1) is 9.73. The van der Waals surface area contributed by atoms with Crippen LogP contribution in [0.5, 0.6) is 0 Å². The maximum Gasteiger partial charge on any atom is 0.307 e. The number of nitrogens with zero attached hydrogens (tertiary/aromatic N) is 1. The lowest BCUT2D eigenvalue weighted by molar-refractivity contribution is -0.143. The lowest BCUT2D eigenvalue weighted by Crippen LogP contribution is -2.47. The van der Waals surface area contributed by atoms with Crippen molar-refractivity contribution in [2.45, 2.75) is 37.6 Å². The molecule has 1 aliphatic rings. The molecule has 7 heteroatoms. The first kappa shape index (κ1) is 15.9.